The quantitative estimate of drug-likeness (QED) is 0.659. The Kier molecular flexibility index (Phi) is 3.50. The third-order valence-corrected chi connectivity index (χ3v) is 6.38. The van der Waals surface area contributed by atoms with Gasteiger partial charge in [0.1, 0.15) is 5.82 Å². The van der Waals surface area contributed by atoms with Gasteiger partial charge in [0.15, 0.2) is 0 Å². The number of benzene rings is 1. The molecule has 5 rings (SSSR count). The van der Waals surface area contributed by atoms with Gasteiger partial charge in [-0.25, -0.2) is 4.39 Å². The van der Waals surface area contributed by atoms with Crippen molar-refractivity contribution in [1.82, 2.24) is 5.43 Å². The average Bonchev–Trinajstić information content (AvgIpc) is 2.47. The van der Waals surface area contributed by atoms with Crippen LogP contribution in [0.2, 0.25) is 0 Å². The molecule has 4 aliphatic rings. The number of halogens is 1. The lowest BCUT2D eigenvalue weighted by Crippen LogP contribution is -2.55. The van der Waals surface area contributed by atoms with Gasteiger partial charge in [-0.1, -0.05) is 18.2 Å². The van der Waals surface area contributed by atoms with Crippen molar-refractivity contribution < 1.29 is 4.39 Å². The molecule has 4 fully saturated rings. The Bertz CT molecular complexity index is 488. The molecule has 3 heteroatoms. The van der Waals surface area contributed by atoms with Crippen molar-refractivity contribution in [2.75, 3.05) is 0 Å². The van der Waals surface area contributed by atoms with Crippen LogP contribution in [0.1, 0.15) is 37.7 Å². The minimum absolute atomic E-state index is 0.0958. The summed E-state index contributed by atoms with van der Waals surface area (Å²) >= 11 is 0. The van der Waals surface area contributed by atoms with Crippen LogP contribution in [-0.2, 0) is 6.42 Å². The lowest BCUT2D eigenvalue weighted by molar-refractivity contribution is -0.0518. The van der Waals surface area contributed by atoms with Gasteiger partial charge >= 0.3 is 0 Å². The molecule has 1 unspecified atom stereocenters. The van der Waals surface area contributed by atoms with E-state index in [2.05, 4.69) is 5.43 Å². The minimum atomic E-state index is -0.0958. The Morgan fingerprint density at radius 2 is 1.67 bits per heavy atom. The molecule has 0 radical (unpaired) electrons. The second-order valence-corrected chi connectivity index (χ2v) is 7.58. The van der Waals surface area contributed by atoms with Gasteiger partial charge in [0.25, 0.3) is 0 Å². The third-order valence-electron chi connectivity index (χ3n) is 6.38. The van der Waals surface area contributed by atoms with Crippen LogP contribution >= 0.6 is 0 Å². The van der Waals surface area contributed by atoms with Crippen molar-refractivity contribution in [3.8, 4) is 0 Å². The van der Waals surface area contributed by atoms with E-state index < -0.39 is 0 Å². The molecule has 0 saturated heterocycles. The molecule has 4 bridgehead atoms. The highest BCUT2D eigenvalue weighted by molar-refractivity contribution is 5.19. The van der Waals surface area contributed by atoms with E-state index in [9.17, 15) is 4.39 Å². The molecule has 21 heavy (non-hydrogen) atoms. The Hall–Kier alpha value is -0.930. The summed E-state index contributed by atoms with van der Waals surface area (Å²) in [5.41, 5.74) is 3.84. The standard InChI is InChI=1S/C18H25FN2/c19-16-4-2-1-3-13(16)10-17(21-20)18-14-6-11-5-12(8-14)9-15(18)7-11/h1-4,11-12,14-15,17-18,21H,5-10,20H2. The van der Waals surface area contributed by atoms with E-state index in [1.807, 2.05) is 12.1 Å². The molecule has 2 nitrogen and oxygen atoms in total. The highest BCUT2D eigenvalue weighted by atomic mass is 19.1. The van der Waals surface area contributed by atoms with Crippen LogP contribution < -0.4 is 11.3 Å². The van der Waals surface area contributed by atoms with Crippen LogP contribution in [0.3, 0.4) is 0 Å². The predicted molar refractivity (Wildman–Crippen MR) is 81.8 cm³/mol. The van der Waals surface area contributed by atoms with Gasteiger partial charge in [-0.2, -0.15) is 0 Å². The van der Waals surface area contributed by atoms with E-state index in [4.69, 9.17) is 5.84 Å². The third kappa shape index (κ3) is 2.40. The van der Waals surface area contributed by atoms with Gasteiger partial charge < -0.3 is 0 Å². The lowest BCUT2D eigenvalue weighted by atomic mass is 9.50. The van der Waals surface area contributed by atoms with Crippen LogP contribution in [0.5, 0.6) is 0 Å². The Morgan fingerprint density at radius 1 is 1.05 bits per heavy atom. The van der Waals surface area contributed by atoms with Gasteiger partial charge in [-0.15, -0.1) is 0 Å². The molecule has 0 aromatic heterocycles. The van der Waals surface area contributed by atoms with E-state index in [1.165, 1.54) is 32.1 Å². The fourth-order valence-electron chi connectivity index (χ4n) is 5.83. The van der Waals surface area contributed by atoms with Crippen molar-refractivity contribution in [3.63, 3.8) is 0 Å². The fourth-order valence-corrected chi connectivity index (χ4v) is 5.83. The van der Waals surface area contributed by atoms with Crippen molar-refractivity contribution in [1.29, 1.82) is 0 Å². The molecule has 4 saturated carbocycles. The number of nitrogens with two attached hydrogens (primary N) is 1. The van der Waals surface area contributed by atoms with Gasteiger partial charge in [0, 0.05) is 6.04 Å². The van der Waals surface area contributed by atoms with E-state index in [-0.39, 0.29) is 11.9 Å². The molecule has 114 valence electrons. The first kappa shape index (κ1) is 13.7. The summed E-state index contributed by atoms with van der Waals surface area (Å²) in [5, 5.41) is 0. The van der Waals surface area contributed by atoms with Gasteiger partial charge in [-0.3, -0.25) is 11.3 Å². The van der Waals surface area contributed by atoms with Crippen LogP contribution in [0.25, 0.3) is 0 Å². The summed E-state index contributed by atoms with van der Waals surface area (Å²) in [6.45, 7) is 0. The average molecular weight is 288 g/mol. The molecule has 4 aliphatic carbocycles. The summed E-state index contributed by atoms with van der Waals surface area (Å²) in [6, 6.07) is 7.35. The Balaban J connectivity index is 1.55. The molecular formula is C18H25FN2. The maximum absolute atomic E-state index is 13.9. The molecule has 1 aromatic rings. The lowest BCUT2D eigenvalue weighted by Gasteiger charge is -2.56. The minimum Gasteiger partial charge on any atom is -0.271 e. The maximum atomic E-state index is 13.9. The van der Waals surface area contributed by atoms with Crippen LogP contribution in [0.15, 0.2) is 24.3 Å². The summed E-state index contributed by atoms with van der Waals surface area (Å²) in [7, 11) is 0. The molecule has 1 atom stereocenters. The van der Waals surface area contributed by atoms with Crippen LogP contribution in [0, 0.1) is 35.4 Å². The van der Waals surface area contributed by atoms with E-state index in [1.54, 1.807) is 12.1 Å². The molecular weight excluding hydrogens is 263 g/mol. The zero-order chi connectivity index (χ0) is 14.4. The monoisotopic (exact) mass is 288 g/mol. The van der Waals surface area contributed by atoms with E-state index >= 15 is 0 Å². The van der Waals surface area contributed by atoms with Crippen LogP contribution in [0.4, 0.5) is 4.39 Å². The highest BCUT2D eigenvalue weighted by Crippen LogP contribution is 2.57. The maximum Gasteiger partial charge on any atom is 0.126 e. The first-order valence-electron chi connectivity index (χ1n) is 8.44. The molecule has 0 spiro atoms. The molecule has 1 aromatic carbocycles. The fraction of sp³-hybridized carbons (Fsp3) is 0.667. The number of nitrogens with one attached hydrogen (secondary N) is 1. The number of hydrogen-bond donors (Lipinski definition) is 2. The predicted octanol–water partition coefficient (Wildman–Crippen LogP) is 3.27. The van der Waals surface area contributed by atoms with Gasteiger partial charge in [-0.05, 0) is 79.7 Å². The normalized spacial score (nSPS) is 38.7. The van der Waals surface area contributed by atoms with Crippen molar-refractivity contribution in [2.45, 2.75) is 44.6 Å². The molecule has 0 amide bonds. The first-order valence-corrected chi connectivity index (χ1v) is 8.44. The zero-order valence-corrected chi connectivity index (χ0v) is 12.5. The second kappa shape index (κ2) is 5.36. The largest absolute Gasteiger partial charge is 0.271 e. The van der Waals surface area contributed by atoms with E-state index in [0.717, 1.165) is 35.7 Å². The SMILES string of the molecule is NNC(Cc1ccccc1F)C1C2CC3CC(C2)CC1C3. The zero-order valence-electron chi connectivity index (χ0n) is 12.5. The number of rotatable bonds is 4. The summed E-state index contributed by atoms with van der Waals surface area (Å²) in [5.74, 6) is 9.99. The number of hydrazine groups is 1. The number of hydrogen-bond acceptors (Lipinski definition) is 2. The van der Waals surface area contributed by atoms with Gasteiger partial charge in [0.05, 0.1) is 0 Å². The van der Waals surface area contributed by atoms with Crippen molar-refractivity contribution in [2.24, 2.45) is 35.4 Å². The molecule has 3 N–H and O–H groups in total. The topological polar surface area (TPSA) is 38.0 Å². The smallest absolute Gasteiger partial charge is 0.126 e. The first-order chi connectivity index (χ1) is 10.2. The molecule has 0 aliphatic heterocycles. The van der Waals surface area contributed by atoms with E-state index in [0.29, 0.717) is 5.92 Å². The Labute approximate surface area is 126 Å². The van der Waals surface area contributed by atoms with Crippen molar-refractivity contribution in [3.05, 3.63) is 35.6 Å². The van der Waals surface area contributed by atoms with Crippen LogP contribution in [-0.4, -0.2) is 6.04 Å². The summed E-state index contributed by atoms with van der Waals surface area (Å²) in [4.78, 5) is 0. The second-order valence-electron chi connectivity index (χ2n) is 7.58. The highest BCUT2D eigenvalue weighted by Gasteiger charge is 2.50. The Morgan fingerprint density at radius 3 is 2.24 bits per heavy atom. The molecule has 0 heterocycles. The summed E-state index contributed by atoms with van der Waals surface area (Å²) in [6.07, 6.45) is 7.71. The van der Waals surface area contributed by atoms with Gasteiger partial charge in [0.2, 0.25) is 0 Å². The van der Waals surface area contributed by atoms with Crippen molar-refractivity contribution >= 4 is 0 Å². The summed E-state index contributed by atoms with van der Waals surface area (Å²) < 4.78 is 13.9.